The van der Waals surface area contributed by atoms with Gasteiger partial charge in [-0.1, -0.05) is 0 Å². The number of nitrogens with one attached hydrogen (secondary N) is 1. The fourth-order valence-corrected chi connectivity index (χ4v) is 2.15. The third kappa shape index (κ3) is 2.49. The van der Waals surface area contributed by atoms with E-state index in [-0.39, 0.29) is 6.10 Å². The van der Waals surface area contributed by atoms with Crippen molar-refractivity contribution in [3.63, 3.8) is 0 Å². The first-order valence-electron chi connectivity index (χ1n) is 4.60. The van der Waals surface area contributed by atoms with Crippen molar-refractivity contribution in [1.82, 2.24) is 10.3 Å². The fraction of sp³-hybridized carbons (Fsp3) is 0.667. The lowest BCUT2D eigenvalue weighted by molar-refractivity contribution is 0.0429. The van der Waals surface area contributed by atoms with E-state index in [1.807, 2.05) is 5.51 Å². The molecule has 1 aromatic rings. The van der Waals surface area contributed by atoms with Gasteiger partial charge < -0.3 is 10.4 Å². The maximum atomic E-state index is 9.06. The van der Waals surface area contributed by atoms with Crippen molar-refractivity contribution in [2.45, 2.75) is 25.5 Å². The van der Waals surface area contributed by atoms with Crippen molar-refractivity contribution < 1.29 is 5.11 Å². The Morgan fingerprint density at radius 3 is 3.08 bits per heavy atom. The Labute approximate surface area is 81.8 Å². The summed E-state index contributed by atoms with van der Waals surface area (Å²) in [6.45, 7) is 1.87. The number of nitrogens with zero attached hydrogens (tertiary/aromatic N) is 1. The van der Waals surface area contributed by atoms with Crippen LogP contribution in [0.25, 0.3) is 0 Å². The lowest BCUT2D eigenvalue weighted by atomic mass is 9.82. The maximum Gasteiger partial charge on any atom is 0.0795 e. The molecule has 0 bridgehead atoms. The molecule has 1 aliphatic rings. The summed E-state index contributed by atoms with van der Waals surface area (Å²) in [6, 6.07) is 0. The Kier molecular flexibility index (Phi) is 2.93. The third-order valence-electron chi connectivity index (χ3n) is 2.43. The molecule has 2 rings (SSSR count). The molecular formula is C9H14N2OS. The summed E-state index contributed by atoms with van der Waals surface area (Å²) in [4.78, 5) is 4.18. The maximum absolute atomic E-state index is 9.06. The van der Waals surface area contributed by atoms with Gasteiger partial charge >= 0.3 is 0 Å². The molecule has 1 saturated carbocycles. The zero-order valence-electron chi connectivity index (χ0n) is 7.44. The van der Waals surface area contributed by atoms with Crippen molar-refractivity contribution in [2.24, 2.45) is 5.92 Å². The molecule has 0 radical (unpaired) electrons. The summed E-state index contributed by atoms with van der Waals surface area (Å²) < 4.78 is 0. The molecule has 0 aromatic carbocycles. The van der Waals surface area contributed by atoms with Crippen molar-refractivity contribution in [2.75, 3.05) is 6.54 Å². The van der Waals surface area contributed by atoms with E-state index in [1.165, 1.54) is 0 Å². The Hall–Kier alpha value is -0.450. The van der Waals surface area contributed by atoms with E-state index in [4.69, 9.17) is 5.11 Å². The van der Waals surface area contributed by atoms with Gasteiger partial charge in [-0.05, 0) is 25.3 Å². The predicted octanol–water partition coefficient (Wildman–Crippen LogP) is 1.00. The van der Waals surface area contributed by atoms with Gasteiger partial charge in [-0.25, -0.2) is 4.98 Å². The molecule has 3 nitrogen and oxygen atoms in total. The van der Waals surface area contributed by atoms with Gasteiger partial charge in [0.25, 0.3) is 0 Å². The van der Waals surface area contributed by atoms with Gasteiger partial charge in [0, 0.05) is 11.9 Å². The van der Waals surface area contributed by atoms with Gasteiger partial charge in [-0.15, -0.1) is 11.3 Å². The molecule has 0 unspecified atom stereocenters. The summed E-state index contributed by atoms with van der Waals surface area (Å²) in [7, 11) is 0. The number of hydrogen-bond donors (Lipinski definition) is 2. The second kappa shape index (κ2) is 4.17. The van der Waals surface area contributed by atoms with Crippen LogP contribution in [-0.4, -0.2) is 22.7 Å². The Balaban J connectivity index is 1.59. The van der Waals surface area contributed by atoms with Crippen LogP contribution in [0.1, 0.15) is 18.5 Å². The van der Waals surface area contributed by atoms with Crippen LogP contribution in [0.3, 0.4) is 0 Å². The monoisotopic (exact) mass is 198 g/mol. The molecule has 13 heavy (non-hydrogen) atoms. The molecule has 72 valence electrons. The third-order valence-corrected chi connectivity index (χ3v) is 3.07. The summed E-state index contributed by atoms with van der Waals surface area (Å²) >= 11 is 1.63. The summed E-state index contributed by atoms with van der Waals surface area (Å²) in [5.41, 5.74) is 2.97. The number of rotatable bonds is 4. The minimum Gasteiger partial charge on any atom is -0.393 e. The average Bonchev–Trinajstić information content (AvgIpc) is 2.53. The van der Waals surface area contributed by atoms with Crippen molar-refractivity contribution in [3.05, 3.63) is 16.6 Å². The molecule has 0 aliphatic heterocycles. The van der Waals surface area contributed by atoms with Crippen LogP contribution in [0.5, 0.6) is 0 Å². The number of aliphatic hydroxyl groups excluding tert-OH is 1. The van der Waals surface area contributed by atoms with Gasteiger partial charge in [-0.2, -0.15) is 0 Å². The second-order valence-corrected chi connectivity index (χ2v) is 4.32. The van der Waals surface area contributed by atoms with Gasteiger partial charge in [0.1, 0.15) is 0 Å². The number of hydrogen-bond acceptors (Lipinski definition) is 4. The van der Waals surface area contributed by atoms with E-state index in [0.717, 1.165) is 31.6 Å². The standard InChI is InChI=1S/C9H14N2OS/c12-9-1-7(2-9)3-10-4-8-5-13-6-11-8/h5-7,9-10,12H,1-4H2. The molecule has 0 amide bonds. The van der Waals surface area contributed by atoms with Crippen LogP contribution in [0.2, 0.25) is 0 Å². The van der Waals surface area contributed by atoms with Crippen LogP contribution < -0.4 is 5.32 Å². The lowest BCUT2D eigenvalue weighted by Gasteiger charge is -2.31. The second-order valence-electron chi connectivity index (χ2n) is 3.60. The zero-order chi connectivity index (χ0) is 9.10. The van der Waals surface area contributed by atoms with E-state index in [2.05, 4.69) is 15.7 Å². The number of aliphatic hydroxyl groups is 1. The Bertz CT molecular complexity index is 244. The Morgan fingerprint density at radius 1 is 1.62 bits per heavy atom. The van der Waals surface area contributed by atoms with Crippen LogP contribution in [0, 0.1) is 5.92 Å². The van der Waals surface area contributed by atoms with E-state index in [0.29, 0.717) is 5.92 Å². The highest BCUT2D eigenvalue weighted by Gasteiger charge is 2.26. The average molecular weight is 198 g/mol. The highest BCUT2D eigenvalue weighted by molar-refractivity contribution is 7.07. The van der Waals surface area contributed by atoms with Gasteiger partial charge in [0.15, 0.2) is 0 Å². The molecule has 0 spiro atoms. The molecule has 1 heterocycles. The normalized spacial score (nSPS) is 27.2. The van der Waals surface area contributed by atoms with Crippen LogP contribution in [0.4, 0.5) is 0 Å². The Morgan fingerprint density at radius 2 is 2.46 bits per heavy atom. The summed E-state index contributed by atoms with van der Waals surface area (Å²) in [5.74, 6) is 0.675. The number of aromatic nitrogens is 1. The first kappa shape index (κ1) is 9.12. The topological polar surface area (TPSA) is 45.1 Å². The molecular weight excluding hydrogens is 184 g/mol. The molecule has 2 N–H and O–H groups in total. The quantitative estimate of drug-likeness (QED) is 0.758. The van der Waals surface area contributed by atoms with Gasteiger partial charge in [0.2, 0.25) is 0 Å². The largest absolute Gasteiger partial charge is 0.393 e. The molecule has 0 atom stereocenters. The highest BCUT2D eigenvalue weighted by Crippen LogP contribution is 2.26. The van der Waals surface area contributed by atoms with Crippen LogP contribution >= 0.6 is 11.3 Å². The molecule has 0 saturated heterocycles. The fourth-order valence-electron chi connectivity index (χ4n) is 1.60. The first-order chi connectivity index (χ1) is 6.34. The van der Waals surface area contributed by atoms with Gasteiger partial charge in [-0.3, -0.25) is 0 Å². The van der Waals surface area contributed by atoms with Gasteiger partial charge in [0.05, 0.1) is 17.3 Å². The number of thiazole rings is 1. The first-order valence-corrected chi connectivity index (χ1v) is 5.54. The van der Waals surface area contributed by atoms with E-state index in [9.17, 15) is 0 Å². The minimum absolute atomic E-state index is 0.0360. The highest BCUT2D eigenvalue weighted by atomic mass is 32.1. The van der Waals surface area contributed by atoms with Crippen molar-refractivity contribution >= 4 is 11.3 Å². The van der Waals surface area contributed by atoms with Crippen LogP contribution in [-0.2, 0) is 6.54 Å². The minimum atomic E-state index is -0.0360. The smallest absolute Gasteiger partial charge is 0.0795 e. The zero-order valence-corrected chi connectivity index (χ0v) is 8.26. The lowest BCUT2D eigenvalue weighted by Crippen LogP contribution is -2.35. The predicted molar refractivity (Wildman–Crippen MR) is 52.6 cm³/mol. The molecule has 1 aromatic heterocycles. The van der Waals surface area contributed by atoms with E-state index < -0.39 is 0 Å². The SMILES string of the molecule is OC1CC(CNCc2cscn2)C1. The molecule has 1 fully saturated rings. The summed E-state index contributed by atoms with van der Waals surface area (Å²) in [5, 5.41) is 14.5. The molecule has 1 aliphatic carbocycles. The summed E-state index contributed by atoms with van der Waals surface area (Å²) in [6.07, 6.45) is 1.89. The van der Waals surface area contributed by atoms with Crippen LogP contribution in [0.15, 0.2) is 10.9 Å². The van der Waals surface area contributed by atoms with E-state index in [1.54, 1.807) is 11.3 Å². The molecule has 4 heteroatoms. The van der Waals surface area contributed by atoms with Crippen molar-refractivity contribution in [3.8, 4) is 0 Å². The van der Waals surface area contributed by atoms with Crippen molar-refractivity contribution in [1.29, 1.82) is 0 Å². The van der Waals surface area contributed by atoms with E-state index >= 15 is 0 Å².